The van der Waals surface area contributed by atoms with E-state index in [-0.39, 0.29) is 17.7 Å². The first-order chi connectivity index (χ1) is 14.6. The maximum Gasteiger partial charge on any atom is 0.331 e. The molecule has 0 radical (unpaired) electrons. The Labute approximate surface area is 188 Å². The van der Waals surface area contributed by atoms with Crippen molar-refractivity contribution in [1.82, 2.24) is 9.88 Å². The number of likely N-dealkylation sites (N-methyl/N-ethyl adjacent to an activating group) is 1. The molecular formula is C24H28ClN3O3. The minimum Gasteiger partial charge on any atom is -0.457 e. The SMILES string of the molecule is CN1CC(C(=O)Nc2ccc(Cl)cc2)C(c2ccc(C=CC(=O)OC(C)(C)C)nc2)C1. The number of amides is 1. The van der Waals surface area contributed by atoms with Crippen LogP contribution in [-0.4, -0.2) is 47.5 Å². The lowest BCUT2D eigenvalue weighted by Crippen LogP contribution is -2.28. The van der Waals surface area contributed by atoms with E-state index in [1.165, 1.54) is 6.08 Å². The van der Waals surface area contributed by atoms with E-state index < -0.39 is 11.6 Å². The van der Waals surface area contributed by atoms with Gasteiger partial charge in [-0.15, -0.1) is 0 Å². The molecule has 31 heavy (non-hydrogen) atoms. The van der Waals surface area contributed by atoms with Crippen molar-refractivity contribution in [2.75, 3.05) is 25.5 Å². The highest BCUT2D eigenvalue weighted by atomic mass is 35.5. The van der Waals surface area contributed by atoms with E-state index in [0.29, 0.717) is 17.3 Å². The number of halogens is 1. The maximum atomic E-state index is 12.9. The van der Waals surface area contributed by atoms with Crippen molar-refractivity contribution in [3.8, 4) is 0 Å². The van der Waals surface area contributed by atoms with E-state index in [9.17, 15) is 9.59 Å². The van der Waals surface area contributed by atoms with Gasteiger partial charge < -0.3 is 15.0 Å². The topological polar surface area (TPSA) is 71.5 Å². The highest BCUT2D eigenvalue weighted by Crippen LogP contribution is 2.32. The highest BCUT2D eigenvalue weighted by Gasteiger charge is 2.37. The number of hydrogen-bond acceptors (Lipinski definition) is 5. The summed E-state index contributed by atoms with van der Waals surface area (Å²) in [5, 5.41) is 3.61. The molecule has 2 atom stereocenters. The fourth-order valence-corrected chi connectivity index (χ4v) is 3.72. The van der Waals surface area contributed by atoms with Gasteiger partial charge in [-0.25, -0.2) is 4.79 Å². The number of hydrogen-bond donors (Lipinski definition) is 1. The van der Waals surface area contributed by atoms with Gasteiger partial charge in [0.25, 0.3) is 0 Å². The molecule has 1 fully saturated rings. The molecule has 6 nitrogen and oxygen atoms in total. The molecule has 1 aromatic carbocycles. The summed E-state index contributed by atoms with van der Waals surface area (Å²) in [4.78, 5) is 31.4. The molecule has 2 aromatic rings. The van der Waals surface area contributed by atoms with E-state index in [1.807, 2.05) is 40.0 Å². The van der Waals surface area contributed by atoms with Gasteiger partial charge in [0, 0.05) is 42.0 Å². The van der Waals surface area contributed by atoms with Gasteiger partial charge in [0.2, 0.25) is 5.91 Å². The van der Waals surface area contributed by atoms with Crippen LogP contribution in [0.15, 0.2) is 48.7 Å². The number of aromatic nitrogens is 1. The monoisotopic (exact) mass is 441 g/mol. The fourth-order valence-electron chi connectivity index (χ4n) is 3.60. The average molecular weight is 442 g/mol. The summed E-state index contributed by atoms with van der Waals surface area (Å²) in [6.45, 7) is 6.91. The lowest BCUT2D eigenvalue weighted by Gasteiger charge is -2.18. The molecular weight excluding hydrogens is 414 g/mol. The molecule has 164 valence electrons. The lowest BCUT2D eigenvalue weighted by molar-refractivity contribution is -0.148. The van der Waals surface area contributed by atoms with Crippen LogP contribution >= 0.6 is 11.6 Å². The molecule has 0 aliphatic carbocycles. The van der Waals surface area contributed by atoms with E-state index >= 15 is 0 Å². The second-order valence-electron chi connectivity index (χ2n) is 8.81. The number of anilines is 1. The van der Waals surface area contributed by atoms with E-state index in [1.54, 1.807) is 36.5 Å². The molecule has 7 heteroatoms. The van der Waals surface area contributed by atoms with Crippen molar-refractivity contribution in [2.24, 2.45) is 5.92 Å². The molecule has 2 unspecified atom stereocenters. The van der Waals surface area contributed by atoms with Gasteiger partial charge >= 0.3 is 5.97 Å². The molecule has 1 N–H and O–H groups in total. The Balaban J connectivity index is 1.68. The number of pyridine rings is 1. The third kappa shape index (κ3) is 6.64. The number of rotatable bonds is 5. The first-order valence-electron chi connectivity index (χ1n) is 10.2. The second-order valence-corrected chi connectivity index (χ2v) is 9.25. The minimum atomic E-state index is -0.533. The molecule has 0 bridgehead atoms. The Morgan fingerprint density at radius 3 is 2.48 bits per heavy atom. The standard InChI is InChI=1S/C24H28ClN3O3/c1-24(2,3)31-22(29)12-11-18-8-5-16(13-26-18)20-14-28(4)15-21(20)23(30)27-19-9-6-17(25)7-10-19/h5-13,20-21H,14-15H2,1-4H3,(H,27,30). The number of nitrogens with one attached hydrogen (secondary N) is 1. The zero-order valence-corrected chi connectivity index (χ0v) is 19.0. The Kier molecular flexibility index (Phi) is 7.13. The van der Waals surface area contributed by atoms with Crippen LogP contribution in [0.4, 0.5) is 5.69 Å². The predicted molar refractivity (Wildman–Crippen MR) is 123 cm³/mol. The number of esters is 1. The third-order valence-electron chi connectivity index (χ3n) is 4.99. The normalized spacial score (nSPS) is 19.5. The molecule has 3 rings (SSSR count). The predicted octanol–water partition coefficient (Wildman–Crippen LogP) is 4.37. The Morgan fingerprint density at radius 1 is 1.16 bits per heavy atom. The van der Waals surface area contributed by atoms with Crippen molar-refractivity contribution in [1.29, 1.82) is 0 Å². The van der Waals surface area contributed by atoms with Crippen LogP contribution in [0.2, 0.25) is 5.02 Å². The summed E-state index contributed by atoms with van der Waals surface area (Å²) >= 11 is 5.92. The van der Waals surface area contributed by atoms with Gasteiger partial charge in [-0.1, -0.05) is 17.7 Å². The fraction of sp³-hybridized carbons (Fsp3) is 0.375. The van der Waals surface area contributed by atoms with Crippen LogP contribution in [0.1, 0.15) is 37.9 Å². The van der Waals surface area contributed by atoms with Crippen molar-refractivity contribution in [3.63, 3.8) is 0 Å². The summed E-state index contributed by atoms with van der Waals surface area (Å²) in [7, 11) is 2.01. The zero-order valence-electron chi connectivity index (χ0n) is 18.3. The largest absolute Gasteiger partial charge is 0.457 e. The van der Waals surface area contributed by atoms with Gasteiger partial charge in [-0.2, -0.15) is 0 Å². The van der Waals surface area contributed by atoms with Crippen LogP contribution in [0.3, 0.4) is 0 Å². The molecule has 1 aromatic heterocycles. The van der Waals surface area contributed by atoms with Crippen LogP contribution < -0.4 is 5.32 Å². The average Bonchev–Trinajstić information content (AvgIpc) is 3.09. The molecule has 1 aliphatic heterocycles. The van der Waals surface area contributed by atoms with Crippen molar-refractivity contribution < 1.29 is 14.3 Å². The number of likely N-dealkylation sites (tertiary alicyclic amines) is 1. The van der Waals surface area contributed by atoms with Gasteiger partial charge in [0.1, 0.15) is 5.60 Å². The van der Waals surface area contributed by atoms with Gasteiger partial charge in [0.15, 0.2) is 0 Å². The molecule has 0 spiro atoms. The molecule has 0 saturated carbocycles. The summed E-state index contributed by atoms with van der Waals surface area (Å²) in [5.74, 6) is -0.584. The molecule has 1 aliphatic rings. The van der Waals surface area contributed by atoms with E-state index in [4.69, 9.17) is 16.3 Å². The molecule has 2 heterocycles. The smallest absolute Gasteiger partial charge is 0.331 e. The highest BCUT2D eigenvalue weighted by molar-refractivity contribution is 6.30. The number of carbonyl (C=O) groups excluding carboxylic acids is 2. The van der Waals surface area contributed by atoms with Crippen LogP contribution in [0, 0.1) is 5.92 Å². The quantitative estimate of drug-likeness (QED) is 0.551. The second kappa shape index (κ2) is 9.62. The Hall–Kier alpha value is -2.70. The van der Waals surface area contributed by atoms with Crippen LogP contribution in [-0.2, 0) is 14.3 Å². The third-order valence-corrected chi connectivity index (χ3v) is 5.24. The molecule has 1 saturated heterocycles. The van der Waals surface area contributed by atoms with Gasteiger partial charge in [-0.3, -0.25) is 9.78 Å². The van der Waals surface area contributed by atoms with Crippen LogP contribution in [0.25, 0.3) is 6.08 Å². The Bertz CT molecular complexity index is 950. The number of benzene rings is 1. The summed E-state index contributed by atoms with van der Waals surface area (Å²) in [5.41, 5.74) is 1.84. The maximum absolute atomic E-state index is 12.9. The summed E-state index contributed by atoms with van der Waals surface area (Å²) < 4.78 is 5.26. The molecule has 1 amide bonds. The summed E-state index contributed by atoms with van der Waals surface area (Å²) in [6.07, 6.45) is 4.78. The number of carbonyl (C=O) groups is 2. The summed E-state index contributed by atoms with van der Waals surface area (Å²) in [6, 6.07) is 10.9. The van der Waals surface area contributed by atoms with Crippen molar-refractivity contribution in [3.05, 3.63) is 65.0 Å². The van der Waals surface area contributed by atoms with Gasteiger partial charge in [-0.05, 0) is 69.8 Å². The Morgan fingerprint density at radius 2 is 1.87 bits per heavy atom. The van der Waals surface area contributed by atoms with E-state index in [2.05, 4.69) is 15.2 Å². The van der Waals surface area contributed by atoms with E-state index in [0.717, 1.165) is 17.8 Å². The first kappa shape index (κ1) is 23.0. The minimum absolute atomic E-state index is 0.0226. The van der Waals surface area contributed by atoms with Crippen molar-refractivity contribution in [2.45, 2.75) is 32.3 Å². The first-order valence-corrected chi connectivity index (χ1v) is 10.6. The van der Waals surface area contributed by atoms with Gasteiger partial charge in [0.05, 0.1) is 11.6 Å². The number of ether oxygens (including phenoxy) is 1. The van der Waals surface area contributed by atoms with Crippen LogP contribution in [0.5, 0.6) is 0 Å². The zero-order chi connectivity index (χ0) is 22.6. The van der Waals surface area contributed by atoms with Crippen molar-refractivity contribution >= 4 is 35.2 Å². The number of nitrogens with zero attached hydrogens (tertiary/aromatic N) is 2. The lowest BCUT2D eigenvalue weighted by atomic mass is 9.89.